The molecule has 1 fully saturated rings. The van der Waals surface area contributed by atoms with Gasteiger partial charge in [0.15, 0.2) is 0 Å². The van der Waals surface area contributed by atoms with Crippen molar-refractivity contribution in [1.82, 2.24) is 0 Å². The van der Waals surface area contributed by atoms with E-state index in [-0.39, 0.29) is 5.41 Å². The quantitative estimate of drug-likeness (QED) is 0.610. The van der Waals surface area contributed by atoms with Crippen LogP contribution in [-0.4, -0.2) is 17.2 Å². The summed E-state index contributed by atoms with van der Waals surface area (Å²) in [5, 5.41) is 8.79. The number of aliphatic imine (C=N–C) groups is 1. The second kappa shape index (κ2) is 4.05. The first-order chi connectivity index (χ1) is 8.35. The average molecular weight is 240 g/mol. The molecule has 2 aliphatic heterocycles. The minimum atomic E-state index is 0.0472. The van der Waals surface area contributed by atoms with Crippen LogP contribution in [0, 0.1) is 16.7 Å². The van der Waals surface area contributed by atoms with E-state index in [0.29, 0.717) is 0 Å². The minimum absolute atomic E-state index is 0.0472. The largest absolute Gasteiger partial charge is 0.260 e. The maximum Gasteiger partial charge on any atom is 0.0914 e. The topological polar surface area (TPSA) is 36.1 Å². The van der Waals surface area contributed by atoms with Gasteiger partial charge in [-0.15, -0.1) is 0 Å². The summed E-state index contributed by atoms with van der Waals surface area (Å²) in [6, 6.07) is 2.13. The molecule has 17 heavy (non-hydrogen) atoms. The third kappa shape index (κ3) is 1.60. The molecule has 0 aromatic rings. The van der Waals surface area contributed by atoms with Crippen LogP contribution in [0.15, 0.2) is 52.7 Å². The highest BCUT2D eigenvalue weighted by Gasteiger charge is 2.44. The molecule has 3 aliphatic rings. The lowest BCUT2D eigenvalue weighted by atomic mass is 9.70. The van der Waals surface area contributed by atoms with Crippen LogP contribution in [-0.2, 0) is 0 Å². The van der Waals surface area contributed by atoms with Gasteiger partial charge in [-0.05, 0) is 29.7 Å². The van der Waals surface area contributed by atoms with Crippen molar-refractivity contribution in [2.24, 2.45) is 10.4 Å². The van der Waals surface area contributed by atoms with Crippen molar-refractivity contribution in [3.8, 4) is 6.07 Å². The predicted octanol–water partition coefficient (Wildman–Crippen LogP) is 3.02. The van der Waals surface area contributed by atoms with Crippen LogP contribution in [0.3, 0.4) is 0 Å². The molecule has 0 bridgehead atoms. The first kappa shape index (κ1) is 10.6. The van der Waals surface area contributed by atoms with Crippen LogP contribution in [0.4, 0.5) is 0 Å². The van der Waals surface area contributed by atoms with Gasteiger partial charge < -0.3 is 0 Å². The van der Waals surface area contributed by atoms with Crippen LogP contribution in [0.25, 0.3) is 0 Å². The molecule has 0 N–H and O–H groups in total. The van der Waals surface area contributed by atoms with E-state index in [4.69, 9.17) is 5.26 Å². The molecule has 0 amide bonds. The molecule has 0 aromatic carbocycles. The van der Waals surface area contributed by atoms with E-state index < -0.39 is 0 Å². The zero-order valence-electron chi connectivity index (χ0n) is 9.39. The Morgan fingerprint density at radius 2 is 2.41 bits per heavy atom. The summed E-state index contributed by atoms with van der Waals surface area (Å²) in [6.07, 6.45) is 12.7. The molecule has 3 rings (SSSR count). The van der Waals surface area contributed by atoms with Crippen LogP contribution >= 0.6 is 11.8 Å². The van der Waals surface area contributed by atoms with Gasteiger partial charge in [-0.25, -0.2) is 0 Å². The number of thioether (sulfide) groups is 1. The Morgan fingerprint density at radius 3 is 3.29 bits per heavy atom. The van der Waals surface area contributed by atoms with Gasteiger partial charge in [0.25, 0.3) is 0 Å². The van der Waals surface area contributed by atoms with Gasteiger partial charge >= 0.3 is 0 Å². The zero-order chi connectivity index (χ0) is 11.7. The van der Waals surface area contributed by atoms with Crippen molar-refractivity contribution in [2.75, 3.05) is 11.5 Å². The maximum atomic E-state index is 8.79. The first-order valence-electron chi connectivity index (χ1n) is 5.64. The van der Waals surface area contributed by atoms with Crippen molar-refractivity contribution >= 4 is 17.5 Å². The summed E-state index contributed by atoms with van der Waals surface area (Å²) in [4.78, 5) is 4.55. The van der Waals surface area contributed by atoms with Gasteiger partial charge in [0.2, 0.25) is 0 Å². The Hall–Kier alpha value is -1.53. The molecular formula is C14H12N2S. The molecule has 0 radical (unpaired) electrons. The first-order valence-corrected chi connectivity index (χ1v) is 6.80. The van der Waals surface area contributed by atoms with E-state index >= 15 is 0 Å². The highest BCUT2D eigenvalue weighted by Crippen LogP contribution is 2.49. The summed E-state index contributed by atoms with van der Waals surface area (Å²) in [7, 11) is 0. The van der Waals surface area contributed by atoms with E-state index in [2.05, 4.69) is 23.2 Å². The van der Waals surface area contributed by atoms with Crippen LogP contribution in [0.1, 0.15) is 6.42 Å². The lowest BCUT2D eigenvalue weighted by molar-refractivity contribution is 0.580. The highest BCUT2D eigenvalue weighted by atomic mass is 32.2. The molecular weight excluding hydrogens is 228 g/mol. The molecule has 1 unspecified atom stereocenters. The van der Waals surface area contributed by atoms with Gasteiger partial charge in [-0.3, -0.25) is 4.99 Å². The zero-order valence-corrected chi connectivity index (χ0v) is 10.2. The second-order valence-corrected chi connectivity index (χ2v) is 5.47. The fraction of sp³-hybridized carbons (Fsp3) is 0.286. The normalized spacial score (nSPS) is 32.3. The number of hydrogen-bond donors (Lipinski definition) is 0. The van der Waals surface area contributed by atoms with Crippen molar-refractivity contribution in [2.45, 2.75) is 6.42 Å². The Morgan fingerprint density at radius 1 is 1.47 bits per heavy atom. The number of nitriles is 1. The fourth-order valence-corrected chi connectivity index (χ4v) is 4.13. The van der Waals surface area contributed by atoms with E-state index in [1.165, 1.54) is 5.57 Å². The number of allylic oxidation sites excluding steroid dienone is 6. The molecule has 1 atom stereocenters. The lowest BCUT2D eigenvalue weighted by Gasteiger charge is -2.33. The van der Waals surface area contributed by atoms with Gasteiger partial charge in [0, 0.05) is 29.2 Å². The van der Waals surface area contributed by atoms with E-state index in [9.17, 15) is 0 Å². The van der Waals surface area contributed by atoms with E-state index in [0.717, 1.165) is 29.2 Å². The summed E-state index contributed by atoms with van der Waals surface area (Å²) in [5.74, 6) is 2.16. The van der Waals surface area contributed by atoms with Crippen molar-refractivity contribution in [1.29, 1.82) is 5.26 Å². The molecule has 0 saturated carbocycles. The van der Waals surface area contributed by atoms with Gasteiger partial charge in [0.05, 0.1) is 11.8 Å². The number of hydrogen-bond acceptors (Lipinski definition) is 3. The van der Waals surface area contributed by atoms with Crippen LogP contribution < -0.4 is 0 Å². The Labute approximate surface area is 105 Å². The summed E-state index contributed by atoms with van der Waals surface area (Å²) in [5.41, 5.74) is 3.76. The van der Waals surface area contributed by atoms with Crippen molar-refractivity contribution in [3.63, 3.8) is 0 Å². The number of rotatable bonds is 0. The van der Waals surface area contributed by atoms with Crippen LogP contribution in [0.5, 0.6) is 0 Å². The van der Waals surface area contributed by atoms with E-state index in [1.807, 2.05) is 30.1 Å². The summed E-state index contributed by atoms with van der Waals surface area (Å²) in [6.45, 7) is 0. The average Bonchev–Trinajstić information content (AvgIpc) is 2.63. The van der Waals surface area contributed by atoms with Gasteiger partial charge in [-0.2, -0.15) is 17.0 Å². The van der Waals surface area contributed by atoms with E-state index in [1.54, 1.807) is 6.08 Å². The van der Waals surface area contributed by atoms with Gasteiger partial charge in [-0.1, -0.05) is 12.2 Å². The maximum absolute atomic E-state index is 8.79. The molecule has 1 saturated heterocycles. The standard InChI is InChI=1S/C14H12N2S/c15-6-5-11-3-4-13-14(8-11)10-17-9-12(14)2-1-7-16-13/h1-5,7H,8-10H2. The molecule has 1 aliphatic carbocycles. The molecule has 84 valence electrons. The van der Waals surface area contributed by atoms with Crippen LogP contribution in [0.2, 0.25) is 0 Å². The Balaban J connectivity index is 2.13. The number of nitrogens with zero attached hydrogens (tertiary/aromatic N) is 2. The third-order valence-electron chi connectivity index (χ3n) is 3.52. The Bertz CT molecular complexity index is 543. The summed E-state index contributed by atoms with van der Waals surface area (Å²) >= 11 is 1.96. The lowest BCUT2D eigenvalue weighted by Crippen LogP contribution is -2.34. The minimum Gasteiger partial charge on any atom is -0.260 e. The molecule has 2 nitrogen and oxygen atoms in total. The van der Waals surface area contributed by atoms with Crippen molar-refractivity contribution in [3.05, 3.63) is 47.7 Å². The molecule has 1 spiro atoms. The SMILES string of the molecule is N#CC=C1C=CC2=NC=CC=C3CSCC32C1. The third-order valence-corrected chi connectivity index (χ3v) is 4.73. The van der Waals surface area contributed by atoms with Gasteiger partial charge in [0.1, 0.15) is 0 Å². The van der Waals surface area contributed by atoms with Crippen molar-refractivity contribution < 1.29 is 0 Å². The monoisotopic (exact) mass is 240 g/mol. The second-order valence-electron chi connectivity index (χ2n) is 4.48. The fourth-order valence-electron chi connectivity index (χ4n) is 2.65. The molecule has 0 aromatic heterocycles. The Kier molecular flexibility index (Phi) is 2.53. The summed E-state index contributed by atoms with van der Waals surface area (Å²) < 4.78 is 0. The molecule has 3 heteroatoms. The smallest absolute Gasteiger partial charge is 0.0914 e. The highest BCUT2D eigenvalue weighted by molar-refractivity contribution is 7.99. The predicted molar refractivity (Wildman–Crippen MR) is 71.9 cm³/mol. The molecule has 2 heterocycles.